The van der Waals surface area contributed by atoms with Crippen LogP contribution < -0.4 is 4.74 Å². The van der Waals surface area contributed by atoms with E-state index in [1.807, 2.05) is 48.1 Å². The van der Waals surface area contributed by atoms with Crippen LogP contribution in [0.25, 0.3) is 6.08 Å². The molecule has 0 N–H and O–H groups in total. The Hall–Kier alpha value is -3.57. The van der Waals surface area contributed by atoms with Gasteiger partial charge in [-0.3, -0.25) is 4.79 Å². The summed E-state index contributed by atoms with van der Waals surface area (Å²) in [6.45, 7) is 2.49. The van der Waals surface area contributed by atoms with Gasteiger partial charge in [-0.15, -0.1) is 0 Å². The number of benzene rings is 2. The maximum absolute atomic E-state index is 13.0. The first-order chi connectivity index (χ1) is 15.4. The topological polar surface area (TPSA) is 57.5 Å². The summed E-state index contributed by atoms with van der Waals surface area (Å²) in [6.07, 6.45) is 9.39. The summed E-state index contributed by atoms with van der Waals surface area (Å²) >= 11 is 5.99. The highest BCUT2D eigenvalue weighted by Gasteiger charge is 2.14. The number of allylic oxidation sites excluding steroid dienone is 3. The lowest BCUT2D eigenvalue weighted by Crippen LogP contribution is -2.09. The lowest BCUT2D eigenvalue weighted by Gasteiger charge is -2.07. The van der Waals surface area contributed by atoms with Gasteiger partial charge in [-0.05, 0) is 60.5 Å². The van der Waals surface area contributed by atoms with Gasteiger partial charge in [-0.2, -0.15) is 0 Å². The highest BCUT2D eigenvalue weighted by molar-refractivity contribution is 6.31. The third-order valence-electron chi connectivity index (χ3n) is 4.86. The molecule has 32 heavy (non-hydrogen) atoms. The third kappa shape index (κ3) is 5.56. The van der Waals surface area contributed by atoms with E-state index < -0.39 is 5.97 Å². The number of carbonyl (C=O) groups is 2. The number of carbonyl (C=O) groups excluding carboxylic acids is 2. The Bertz CT molecular complexity index is 1170. The van der Waals surface area contributed by atoms with Crippen LogP contribution in [0.2, 0.25) is 5.02 Å². The molecule has 0 atom stereocenters. The minimum absolute atomic E-state index is 0.0476. The summed E-state index contributed by atoms with van der Waals surface area (Å²) in [4.78, 5) is 24.9. The maximum atomic E-state index is 13.0. The molecule has 1 heterocycles. The SMILES string of the molecule is COC(=O)c1cc(Cl)ccc1/C=C/C=C/Cn1cc(C)cc1C(=O)c1ccc(OC)cc1. The Balaban J connectivity index is 1.73. The largest absolute Gasteiger partial charge is 0.497 e. The zero-order chi connectivity index (χ0) is 23.1. The molecule has 1 aromatic heterocycles. The molecule has 0 saturated carbocycles. The summed E-state index contributed by atoms with van der Waals surface area (Å²) in [5, 5.41) is 0.468. The molecule has 0 aliphatic rings. The zero-order valence-corrected chi connectivity index (χ0v) is 18.9. The molecule has 0 bridgehead atoms. The fraction of sp³-hybridized carbons (Fsp3) is 0.154. The van der Waals surface area contributed by atoms with Crippen LogP contribution in [0.3, 0.4) is 0 Å². The number of methoxy groups -OCH3 is 2. The number of aryl methyl sites for hydroxylation is 1. The van der Waals surface area contributed by atoms with E-state index in [1.54, 1.807) is 49.6 Å². The second-order valence-electron chi connectivity index (χ2n) is 7.12. The number of esters is 1. The Morgan fingerprint density at radius 1 is 1.03 bits per heavy atom. The molecule has 3 aromatic rings. The molecule has 2 aromatic carbocycles. The predicted octanol–water partition coefficient (Wildman–Crippen LogP) is 5.75. The zero-order valence-electron chi connectivity index (χ0n) is 18.2. The summed E-state index contributed by atoms with van der Waals surface area (Å²) < 4.78 is 11.9. The number of ketones is 1. The van der Waals surface area contributed by atoms with Gasteiger partial charge in [0.15, 0.2) is 0 Å². The van der Waals surface area contributed by atoms with Crippen molar-refractivity contribution in [1.82, 2.24) is 4.57 Å². The average Bonchev–Trinajstić information content (AvgIpc) is 3.18. The molecule has 3 rings (SSSR count). The van der Waals surface area contributed by atoms with Crippen molar-refractivity contribution in [1.29, 1.82) is 0 Å². The Morgan fingerprint density at radius 2 is 1.78 bits per heavy atom. The normalized spacial score (nSPS) is 11.2. The lowest BCUT2D eigenvalue weighted by atomic mass is 10.1. The molecular weight excluding hydrogens is 426 g/mol. The smallest absolute Gasteiger partial charge is 0.338 e. The molecule has 0 unspecified atom stereocenters. The van der Waals surface area contributed by atoms with Gasteiger partial charge in [0.05, 0.1) is 25.5 Å². The van der Waals surface area contributed by atoms with Gasteiger partial charge in [-0.1, -0.05) is 42.0 Å². The van der Waals surface area contributed by atoms with E-state index in [4.69, 9.17) is 21.1 Å². The van der Waals surface area contributed by atoms with Gasteiger partial charge < -0.3 is 14.0 Å². The Kier molecular flexibility index (Phi) is 7.68. The Labute approximate surface area is 192 Å². The van der Waals surface area contributed by atoms with Crippen molar-refractivity contribution in [2.24, 2.45) is 0 Å². The van der Waals surface area contributed by atoms with Crippen LogP contribution in [0.15, 0.2) is 73.0 Å². The molecule has 164 valence electrons. The number of rotatable bonds is 8. The average molecular weight is 450 g/mol. The van der Waals surface area contributed by atoms with Gasteiger partial charge in [-0.25, -0.2) is 4.79 Å². The molecule has 0 saturated heterocycles. The number of halogens is 1. The number of aromatic nitrogens is 1. The van der Waals surface area contributed by atoms with Gasteiger partial charge >= 0.3 is 5.97 Å². The quantitative estimate of drug-likeness (QED) is 0.250. The minimum atomic E-state index is -0.444. The van der Waals surface area contributed by atoms with Crippen LogP contribution in [-0.2, 0) is 11.3 Å². The molecule has 0 amide bonds. The van der Waals surface area contributed by atoms with Crippen molar-refractivity contribution in [3.63, 3.8) is 0 Å². The first kappa shape index (κ1) is 23.1. The van der Waals surface area contributed by atoms with Crippen molar-refractivity contribution in [2.45, 2.75) is 13.5 Å². The van der Waals surface area contributed by atoms with E-state index in [-0.39, 0.29) is 5.78 Å². The van der Waals surface area contributed by atoms with Crippen molar-refractivity contribution >= 4 is 29.4 Å². The first-order valence-corrected chi connectivity index (χ1v) is 10.4. The molecule has 0 aliphatic heterocycles. The fourth-order valence-corrected chi connectivity index (χ4v) is 3.43. The predicted molar refractivity (Wildman–Crippen MR) is 127 cm³/mol. The van der Waals surface area contributed by atoms with E-state index in [0.717, 1.165) is 5.56 Å². The van der Waals surface area contributed by atoms with Crippen LogP contribution in [0, 0.1) is 6.92 Å². The summed E-state index contributed by atoms with van der Waals surface area (Å²) in [5.74, 6) is 0.216. The third-order valence-corrected chi connectivity index (χ3v) is 5.10. The number of hydrogen-bond donors (Lipinski definition) is 0. The van der Waals surface area contributed by atoms with Gasteiger partial charge in [0, 0.05) is 23.3 Å². The minimum Gasteiger partial charge on any atom is -0.497 e. The monoisotopic (exact) mass is 449 g/mol. The van der Waals surface area contributed by atoms with Crippen LogP contribution in [-0.4, -0.2) is 30.5 Å². The van der Waals surface area contributed by atoms with Gasteiger partial charge in [0.2, 0.25) is 5.78 Å². The fourth-order valence-electron chi connectivity index (χ4n) is 3.26. The van der Waals surface area contributed by atoms with Crippen LogP contribution in [0.4, 0.5) is 0 Å². The van der Waals surface area contributed by atoms with E-state index in [9.17, 15) is 9.59 Å². The highest BCUT2D eigenvalue weighted by atomic mass is 35.5. The number of hydrogen-bond acceptors (Lipinski definition) is 4. The van der Waals surface area contributed by atoms with Crippen LogP contribution >= 0.6 is 11.6 Å². The van der Waals surface area contributed by atoms with E-state index in [0.29, 0.717) is 39.7 Å². The van der Waals surface area contributed by atoms with Crippen molar-refractivity contribution in [3.8, 4) is 5.75 Å². The van der Waals surface area contributed by atoms with E-state index in [2.05, 4.69) is 0 Å². The molecule has 5 nitrogen and oxygen atoms in total. The Morgan fingerprint density at radius 3 is 2.47 bits per heavy atom. The van der Waals surface area contributed by atoms with Crippen molar-refractivity contribution in [3.05, 3.63) is 106 Å². The van der Waals surface area contributed by atoms with Crippen LogP contribution in [0.1, 0.15) is 37.5 Å². The van der Waals surface area contributed by atoms with Gasteiger partial charge in [0.25, 0.3) is 0 Å². The maximum Gasteiger partial charge on any atom is 0.338 e. The first-order valence-electron chi connectivity index (χ1n) is 9.99. The summed E-state index contributed by atoms with van der Waals surface area (Å²) in [6, 6.07) is 14.0. The van der Waals surface area contributed by atoms with E-state index in [1.165, 1.54) is 7.11 Å². The molecule has 6 heteroatoms. The molecule has 0 spiro atoms. The summed E-state index contributed by atoms with van der Waals surface area (Å²) in [5.41, 5.74) is 3.34. The van der Waals surface area contributed by atoms with Crippen molar-refractivity contribution < 1.29 is 19.1 Å². The van der Waals surface area contributed by atoms with Crippen molar-refractivity contribution in [2.75, 3.05) is 14.2 Å². The number of nitrogens with zero attached hydrogens (tertiary/aromatic N) is 1. The van der Waals surface area contributed by atoms with Crippen LogP contribution in [0.5, 0.6) is 5.75 Å². The second kappa shape index (κ2) is 10.6. The summed E-state index contributed by atoms with van der Waals surface area (Å²) in [7, 11) is 2.93. The van der Waals surface area contributed by atoms with Gasteiger partial charge in [0.1, 0.15) is 5.75 Å². The molecule has 0 radical (unpaired) electrons. The molecule has 0 aliphatic carbocycles. The van der Waals surface area contributed by atoms with E-state index >= 15 is 0 Å². The highest BCUT2D eigenvalue weighted by Crippen LogP contribution is 2.19. The molecule has 0 fully saturated rings. The molecular formula is C26H24ClNO4. The standard InChI is InChI=1S/C26H24ClNO4/c1-18-15-24(25(29)20-9-12-22(31-2)13-10-20)28(17-18)14-6-4-5-7-19-8-11-21(27)16-23(19)26(30)32-3/h4-13,15-17H,14H2,1-3H3/b6-4+,7-5+. The number of ether oxygens (including phenoxy) is 2. The second-order valence-corrected chi connectivity index (χ2v) is 7.56. The lowest BCUT2D eigenvalue weighted by molar-refractivity contribution is 0.0600.